The molecule has 1 aliphatic rings. The lowest BCUT2D eigenvalue weighted by molar-refractivity contribution is -0.134. The number of hydrogen-bond donors (Lipinski definition) is 1. The second-order valence-electron chi connectivity index (χ2n) is 9.70. The van der Waals surface area contributed by atoms with Crippen molar-refractivity contribution in [1.29, 1.82) is 0 Å². The number of carbonyl (C=O) groups is 1. The highest BCUT2D eigenvalue weighted by atomic mass is 32.2. The first kappa shape index (κ1) is 24.7. The average molecular weight is 461 g/mol. The highest BCUT2D eigenvalue weighted by Crippen LogP contribution is 2.35. The van der Waals surface area contributed by atoms with Crippen molar-refractivity contribution in [3.05, 3.63) is 71.3 Å². The first-order chi connectivity index (χ1) is 15.2. The molecule has 3 nitrogen and oxygen atoms in total. The van der Waals surface area contributed by atoms with Gasteiger partial charge in [-0.25, -0.2) is 8.78 Å². The summed E-state index contributed by atoms with van der Waals surface area (Å²) < 4.78 is 26.8. The third kappa shape index (κ3) is 7.59. The molecule has 0 bridgehead atoms. The molecule has 2 aromatic rings. The molecule has 1 N–H and O–H groups in total. The largest absolute Gasteiger partial charge is 0.343 e. The van der Waals surface area contributed by atoms with E-state index in [1.54, 1.807) is 36.0 Å². The van der Waals surface area contributed by atoms with E-state index in [9.17, 15) is 13.6 Å². The first-order valence-electron chi connectivity index (χ1n) is 11.3. The molecule has 1 aliphatic heterocycles. The van der Waals surface area contributed by atoms with E-state index in [2.05, 4.69) is 26.1 Å². The smallest absolute Gasteiger partial charge is 0.223 e. The fourth-order valence-electron chi connectivity index (χ4n) is 4.00. The van der Waals surface area contributed by atoms with E-state index in [-0.39, 0.29) is 28.2 Å². The number of piperidine rings is 1. The summed E-state index contributed by atoms with van der Waals surface area (Å²) in [5.41, 5.74) is 2.04. The van der Waals surface area contributed by atoms with Gasteiger partial charge in [0.15, 0.2) is 0 Å². The standard InChI is InChI=1S/C26H34F2N2OS/c1-26(2,3)18-24(31)30-15-12-23(13-16-30)29-14-17-32-25(19-4-8-21(27)9-5-19)20-6-10-22(28)11-7-20/h4-11,23,25,29H,12-18H2,1-3H3. The Kier molecular flexibility index (Phi) is 8.72. The van der Waals surface area contributed by atoms with E-state index in [4.69, 9.17) is 0 Å². The minimum Gasteiger partial charge on any atom is -0.343 e. The number of amides is 1. The van der Waals surface area contributed by atoms with E-state index < -0.39 is 0 Å². The van der Waals surface area contributed by atoms with Gasteiger partial charge in [0.2, 0.25) is 5.91 Å². The van der Waals surface area contributed by atoms with E-state index in [1.807, 2.05) is 4.90 Å². The highest BCUT2D eigenvalue weighted by Gasteiger charge is 2.25. The van der Waals surface area contributed by atoms with Crippen LogP contribution in [0.2, 0.25) is 0 Å². The molecule has 1 amide bonds. The van der Waals surface area contributed by atoms with Gasteiger partial charge < -0.3 is 10.2 Å². The Morgan fingerprint density at radius 1 is 1.00 bits per heavy atom. The van der Waals surface area contributed by atoms with Gasteiger partial charge >= 0.3 is 0 Å². The quantitative estimate of drug-likeness (QED) is 0.505. The van der Waals surface area contributed by atoms with E-state index in [0.29, 0.717) is 12.5 Å². The van der Waals surface area contributed by atoms with Gasteiger partial charge in [0.25, 0.3) is 0 Å². The number of nitrogens with one attached hydrogen (secondary N) is 1. The van der Waals surface area contributed by atoms with Gasteiger partial charge in [0, 0.05) is 37.8 Å². The molecular formula is C26H34F2N2OS. The molecule has 6 heteroatoms. The lowest BCUT2D eigenvalue weighted by Gasteiger charge is -2.34. The summed E-state index contributed by atoms with van der Waals surface area (Å²) in [6.45, 7) is 8.78. The van der Waals surface area contributed by atoms with Crippen molar-refractivity contribution in [3.63, 3.8) is 0 Å². The molecule has 0 saturated carbocycles. The molecule has 0 spiro atoms. The number of halogens is 2. The fourth-order valence-corrected chi connectivity index (χ4v) is 5.17. The summed E-state index contributed by atoms with van der Waals surface area (Å²) in [5, 5.41) is 3.65. The number of benzene rings is 2. The maximum Gasteiger partial charge on any atom is 0.223 e. The third-order valence-corrected chi connectivity index (χ3v) is 7.01. The van der Waals surface area contributed by atoms with Crippen LogP contribution in [-0.4, -0.2) is 42.2 Å². The van der Waals surface area contributed by atoms with Crippen molar-refractivity contribution in [2.75, 3.05) is 25.4 Å². The van der Waals surface area contributed by atoms with Crippen LogP contribution < -0.4 is 5.32 Å². The minimum atomic E-state index is -0.259. The van der Waals surface area contributed by atoms with Crippen LogP contribution in [0, 0.1) is 17.0 Å². The van der Waals surface area contributed by atoms with Crippen molar-refractivity contribution in [2.45, 2.75) is 51.3 Å². The second-order valence-corrected chi connectivity index (χ2v) is 10.9. The van der Waals surface area contributed by atoms with Crippen LogP contribution in [0.5, 0.6) is 0 Å². The first-order valence-corrected chi connectivity index (χ1v) is 12.4. The lowest BCUT2D eigenvalue weighted by Crippen LogP contribution is -2.46. The summed E-state index contributed by atoms with van der Waals surface area (Å²) in [6, 6.07) is 13.5. The highest BCUT2D eigenvalue weighted by molar-refractivity contribution is 7.99. The summed E-state index contributed by atoms with van der Waals surface area (Å²) in [5.74, 6) is 0.618. The monoisotopic (exact) mass is 460 g/mol. The molecule has 1 heterocycles. The SMILES string of the molecule is CC(C)(C)CC(=O)N1CCC(NCCSC(c2ccc(F)cc2)c2ccc(F)cc2)CC1. The molecule has 0 aromatic heterocycles. The Balaban J connectivity index is 1.48. The van der Waals surface area contributed by atoms with E-state index in [1.165, 1.54) is 24.3 Å². The molecule has 0 radical (unpaired) electrons. The molecule has 0 aliphatic carbocycles. The molecular weight excluding hydrogens is 426 g/mol. The average Bonchev–Trinajstić information content (AvgIpc) is 2.75. The minimum absolute atomic E-state index is 0.0228. The Morgan fingerprint density at radius 2 is 1.50 bits per heavy atom. The van der Waals surface area contributed by atoms with Gasteiger partial charge in [-0.15, -0.1) is 11.8 Å². The van der Waals surface area contributed by atoms with Gasteiger partial charge in [-0.3, -0.25) is 4.79 Å². The molecule has 1 saturated heterocycles. The number of hydrogen-bond acceptors (Lipinski definition) is 3. The zero-order chi connectivity index (χ0) is 23.1. The zero-order valence-electron chi connectivity index (χ0n) is 19.2. The lowest BCUT2D eigenvalue weighted by atomic mass is 9.91. The van der Waals surface area contributed by atoms with Crippen molar-refractivity contribution < 1.29 is 13.6 Å². The van der Waals surface area contributed by atoms with E-state index >= 15 is 0 Å². The van der Waals surface area contributed by atoms with Gasteiger partial charge in [-0.1, -0.05) is 45.0 Å². The Bertz CT molecular complexity index is 811. The summed E-state index contributed by atoms with van der Waals surface area (Å²) in [7, 11) is 0. The maximum absolute atomic E-state index is 13.4. The van der Waals surface area contributed by atoms with Gasteiger partial charge in [0.05, 0.1) is 5.25 Å². The fraction of sp³-hybridized carbons (Fsp3) is 0.500. The van der Waals surface area contributed by atoms with Gasteiger partial charge in [0.1, 0.15) is 11.6 Å². The molecule has 174 valence electrons. The zero-order valence-corrected chi connectivity index (χ0v) is 20.1. The molecule has 3 rings (SSSR count). The number of nitrogens with zero attached hydrogens (tertiary/aromatic N) is 1. The number of likely N-dealkylation sites (tertiary alicyclic amines) is 1. The Hall–Kier alpha value is -1.92. The van der Waals surface area contributed by atoms with Crippen molar-refractivity contribution in [2.24, 2.45) is 5.41 Å². The topological polar surface area (TPSA) is 32.3 Å². The van der Waals surface area contributed by atoms with Crippen LogP contribution >= 0.6 is 11.8 Å². The Labute approximate surface area is 195 Å². The number of rotatable bonds is 8. The Morgan fingerprint density at radius 3 is 1.97 bits per heavy atom. The molecule has 0 unspecified atom stereocenters. The van der Waals surface area contributed by atoms with Crippen LogP contribution in [0.3, 0.4) is 0 Å². The second kappa shape index (κ2) is 11.3. The van der Waals surface area contributed by atoms with Crippen molar-refractivity contribution in [1.82, 2.24) is 10.2 Å². The molecule has 32 heavy (non-hydrogen) atoms. The van der Waals surface area contributed by atoms with Crippen molar-refractivity contribution in [3.8, 4) is 0 Å². The summed E-state index contributed by atoms with van der Waals surface area (Å²) in [6.07, 6.45) is 2.54. The maximum atomic E-state index is 13.4. The van der Waals surface area contributed by atoms with Crippen LogP contribution in [0.1, 0.15) is 56.4 Å². The van der Waals surface area contributed by atoms with Crippen molar-refractivity contribution >= 4 is 17.7 Å². The third-order valence-electron chi connectivity index (χ3n) is 5.69. The van der Waals surface area contributed by atoms with Crippen LogP contribution in [0.15, 0.2) is 48.5 Å². The van der Waals surface area contributed by atoms with Crippen LogP contribution in [0.25, 0.3) is 0 Å². The summed E-state index contributed by atoms with van der Waals surface area (Å²) in [4.78, 5) is 14.4. The van der Waals surface area contributed by atoms with Crippen LogP contribution in [0.4, 0.5) is 8.78 Å². The summed E-state index contributed by atoms with van der Waals surface area (Å²) >= 11 is 1.77. The molecule has 2 aromatic carbocycles. The molecule has 1 fully saturated rings. The van der Waals surface area contributed by atoms with Crippen LogP contribution in [-0.2, 0) is 4.79 Å². The predicted molar refractivity (Wildman–Crippen MR) is 129 cm³/mol. The number of thioether (sulfide) groups is 1. The predicted octanol–water partition coefficient (Wildman–Crippen LogP) is 5.80. The normalized spacial score (nSPS) is 15.4. The van der Waals surface area contributed by atoms with Gasteiger partial charge in [-0.2, -0.15) is 0 Å². The number of carbonyl (C=O) groups excluding carboxylic acids is 1. The van der Waals surface area contributed by atoms with E-state index in [0.717, 1.165) is 49.4 Å². The van der Waals surface area contributed by atoms with Gasteiger partial charge in [-0.05, 0) is 53.6 Å². The molecule has 0 atom stereocenters.